The first-order valence-electron chi connectivity index (χ1n) is 4.20. The van der Waals surface area contributed by atoms with E-state index in [1.54, 1.807) is 6.92 Å². The fraction of sp³-hybridized carbons (Fsp3) is 0.300. The molecule has 1 aromatic rings. The molecular formula is C10H8F3NO. The molecule has 0 amide bonds. The van der Waals surface area contributed by atoms with Crippen molar-refractivity contribution in [1.29, 1.82) is 0 Å². The lowest BCUT2D eigenvalue weighted by molar-refractivity contribution is -0.138. The monoisotopic (exact) mass is 215 g/mol. The summed E-state index contributed by atoms with van der Waals surface area (Å²) in [7, 11) is 0. The molecule has 5 heteroatoms. The SMILES string of the molecule is [C-]#[N+]c1ccc(OCC)c(C(F)(F)F)c1. The van der Waals surface area contributed by atoms with Gasteiger partial charge < -0.3 is 4.74 Å². The number of halogens is 3. The molecule has 0 aliphatic heterocycles. The minimum absolute atomic E-state index is 0.0502. The zero-order chi connectivity index (χ0) is 11.5. The highest BCUT2D eigenvalue weighted by Crippen LogP contribution is 2.38. The first-order valence-corrected chi connectivity index (χ1v) is 4.20. The van der Waals surface area contributed by atoms with Crippen molar-refractivity contribution in [3.05, 3.63) is 35.2 Å². The zero-order valence-corrected chi connectivity index (χ0v) is 7.93. The van der Waals surface area contributed by atoms with Crippen LogP contribution < -0.4 is 4.74 Å². The summed E-state index contributed by atoms with van der Waals surface area (Å²) in [6.45, 7) is 8.39. The molecule has 2 nitrogen and oxygen atoms in total. The summed E-state index contributed by atoms with van der Waals surface area (Å²) < 4.78 is 42.4. The number of benzene rings is 1. The largest absolute Gasteiger partial charge is 0.493 e. The molecule has 15 heavy (non-hydrogen) atoms. The predicted octanol–water partition coefficient (Wildman–Crippen LogP) is 3.65. The summed E-state index contributed by atoms with van der Waals surface area (Å²) >= 11 is 0. The van der Waals surface area contributed by atoms with Crippen LogP contribution in [0.25, 0.3) is 4.85 Å². The molecule has 0 N–H and O–H groups in total. The molecule has 0 fully saturated rings. The Hall–Kier alpha value is -1.70. The number of alkyl halides is 3. The van der Waals surface area contributed by atoms with Crippen molar-refractivity contribution >= 4 is 5.69 Å². The molecule has 0 unspecified atom stereocenters. The van der Waals surface area contributed by atoms with Gasteiger partial charge in [0.15, 0.2) is 5.69 Å². The maximum absolute atomic E-state index is 12.5. The summed E-state index contributed by atoms with van der Waals surface area (Å²) in [5.74, 6) is -0.239. The zero-order valence-electron chi connectivity index (χ0n) is 7.93. The van der Waals surface area contributed by atoms with Gasteiger partial charge in [-0.2, -0.15) is 13.2 Å². The van der Waals surface area contributed by atoms with Crippen molar-refractivity contribution in [2.45, 2.75) is 13.1 Å². The van der Waals surface area contributed by atoms with Crippen LogP contribution in [0, 0.1) is 6.57 Å². The Kier molecular flexibility index (Phi) is 3.20. The molecule has 0 saturated carbocycles. The molecule has 1 aromatic carbocycles. The average molecular weight is 215 g/mol. The molecule has 0 atom stereocenters. The Bertz CT molecular complexity index is 393. The van der Waals surface area contributed by atoms with E-state index in [9.17, 15) is 13.2 Å². The van der Waals surface area contributed by atoms with Crippen molar-refractivity contribution in [3.8, 4) is 5.75 Å². The van der Waals surface area contributed by atoms with Gasteiger partial charge in [-0.05, 0) is 19.1 Å². The minimum Gasteiger partial charge on any atom is -0.493 e. The fourth-order valence-corrected chi connectivity index (χ4v) is 1.09. The van der Waals surface area contributed by atoms with E-state index >= 15 is 0 Å². The van der Waals surface area contributed by atoms with E-state index in [1.807, 2.05) is 0 Å². The molecule has 0 heterocycles. The summed E-state index contributed by atoms with van der Waals surface area (Å²) in [5.41, 5.74) is -0.955. The van der Waals surface area contributed by atoms with E-state index in [1.165, 1.54) is 12.1 Å². The van der Waals surface area contributed by atoms with Crippen molar-refractivity contribution in [3.63, 3.8) is 0 Å². The number of hydrogen-bond donors (Lipinski definition) is 0. The first kappa shape index (κ1) is 11.4. The number of rotatable bonds is 2. The number of hydrogen-bond acceptors (Lipinski definition) is 1. The second-order valence-electron chi connectivity index (χ2n) is 2.72. The van der Waals surface area contributed by atoms with E-state index in [4.69, 9.17) is 11.3 Å². The van der Waals surface area contributed by atoms with Gasteiger partial charge in [0.2, 0.25) is 0 Å². The summed E-state index contributed by atoms with van der Waals surface area (Å²) in [5, 5.41) is 0. The third kappa shape index (κ3) is 2.62. The number of nitrogens with zero attached hydrogens (tertiary/aromatic N) is 1. The Morgan fingerprint density at radius 3 is 2.53 bits per heavy atom. The van der Waals surface area contributed by atoms with E-state index in [0.717, 1.165) is 6.07 Å². The highest BCUT2D eigenvalue weighted by atomic mass is 19.4. The maximum atomic E-state index is 12.5. The van der Waals surface area contributed by atoms with Gasteiger partial charge in [-0.15, -0.1) is 0 Å². The summed E-state index contributed by atoms with van der Waals surface area (Å²) in [6.07, 6.45) is -4.49. The van der Waals surface area contributed by atoms with Crippen LogP contribution in [0.5, 0.6) is 5.75 Å². The third-order valence-corrected chi connectivity index (χ3v) is 1.70. The van der Waals surface area contributed by atoms with Crippen LogP contribution in [-0.2, 0) is 6.18 Å². The van der Waals surface area contributed by atoms with Crippen LogP contribution in [0.15, 0.2) is 18.2 Å². The lowest BCUT2D eigenvalue weighted by Crippen LogP contribution is -2.08. The Labute approximate surface area is 85.1 Å². The van der Waals surface area contributed by atoms with Gasteiger partial charge in [-0.3, -0.25) is 0 Å². The normalized spacial score (nSPS) is 10.9. The average Bonchev–Trinajstić information content (AvgIpc) is 2.17. The van der Waals surface area contributed by atoms with Crippen LogP contribution in [0.2, 0.25) is 0 Å². The van der Waals surface area contributed by atoms with Crippen molar-refractivity contribution < 1.29 is 17.9 Å². The van der Waals surface area contributed by atoms with Gasteiger partial charge in [0.1, 0.15) is 5.75 Å². The Balaban J connectivity index is 3.24. The van der Waals surface area contributed by atoms with Crippen molar-refractivity contribution in [1.82, 2.24) is 0 Å². The van der Waals surface area contributed by atoms with Gasteiger partial charge in [0.25, 0.3) is 0 Å². The summed E-state index contributed by atoms with van der Waals surface area (Å²) in [4.78, 5) is 2.94. The molecule has 0 spiro atoms. The van der Waals surface area contributed by atoms with Gasteiger partial charge in [-0.1, -0.05) is 6.07 Å². The van der Waals surface area contributed by atoms with Crippen LogP contribution in [0.3, 0.4) is 0 Å². The quantitative estimate of drug-likeness (QED) is 0.686. The predicted molar refractivity (Wildman–Crippen MR) is 48.9 cm³/mol. The molecule has 1 rings (SSSR count). The Morgan fingerprint density at radius 2 is 2.07 bits per heavy atom. The highest BCUT2D eigenvalue weighted by Gasteiger charge is 2.34. The third-order valence-electron chi connectivity index (χ3n) is 1.70. The Morgan fingerprint density at radius 1 is 1.40 bits per heavy atom. The molecule has 0 aromatic heterocycles. The lowest BCUT2D eigenvalue weighted by Gasteiger charge is -2.13. The fourth-order valence-electron chi connectivity index (χ4n) is 1.09. The molecule has 0 bridgehead atoms. The maximum Gasteiger partial charge on any atom is 0.418 e. The second-order valence-corrected chi connectivity index (χ2v) is 2.72. The molecule has 0 radical (unpaired) electrons. The molecule has 0 saturated heterocycles. The first-order chi connectivity index (χ1) is 6.99. The second kappa shape index (κ2) is 4.22. The summed E-state index contributed by atoms with van der Waals surface area (Å²) in [6, 6.07) is 3.25. The van der Waals surface area contributed by atoms with Gasteiger partial charge >= 0.3 is 6.18 Å². The minimum atomic E-state index is -4.49. The smallest absolute Gasteiger partial charge is 0.418 e. The van der Waals surface area contributed by atoms with Gasteiger partial charge in [0, 0.05) is 0 Å². The van der Waals surface area contributed by atoms with Crippen molar-refractivity contribution in [2.24, 2.45) is 0 Å². The highest BCUT2D eigenvalue weighted by molar-refractivity contribution is 5.52. The lowest BCUT2D eigenvalue weighted by atomic mass is 10.1. The van der Waals surface area contributed by atoms with Crippen LogP contribution in [0.4, 0.5) is 18.9 Å². The van der Waals surface area contributed by atoms with Crippen LogP contribution >= 0.6 is 0 Å². The standard InChI is InChI=1S/C10H8F3NO/c1-3-15-9-5-4-7(14-2)6-8(9)10(11,12)13/h4-6H,3H2,1H3. The molecular weight excluding hydrogens is 207 g/mol. The van der Waals surface area contributed by atoms with Crippen molar-refractivity contribution in [2.75, 3.05) is 6.61 Å². The molecule has 80 valence electrons. The van der Waals surface area contributed by atoms with Gasteiger partial charge in [0.05, 0.1) is 18.7 Å². The molecule has 0 aliphatic rings. The van der Waals surface area contributed by atoms with E-state index in [-0.39, 0.29) is 18.0 Å². The van der Waals surface area contributed by atoms with Gasteiger partial charge in [-0.25, -0.2) is 4.85 Å². The van der Waals surface area contributed by atoms with Crippen LogP contribution in [-0.4, -0.2) is 6.61 Å². The van der Waals surface area contributed by atoms with Crippen LogP contribution in [0.1, 0.15) is 12.5 Å². The topological polar surface area (TPSA) is 13.6 Å². The van der Waals surface area contributed by atoms with E-state index in [2.05, 4.69) is 4.85 Å². The number of ether oxygens (including phenoxy) is 1. The molecule has 0 aliphatic carbocycles. The van der Waals surface area contributed by atoms with E-state index < -0.39 is 11.7 Å². The van der Waals surface area contributed by atoms with E-state index in [0.29, 0.717) is 0 Å².